The Kier molecular flexibility index (Phi) is 5.99. The van der Waals surface area contributed by atoms with E-state index < -0.39 is 0 Å². The van der Waals surface area contributed by atoms with E-state index in [0.717, 1.165) is 23.4 Å². The third kappa shape index (κ3) is 4.17. The second-order valence-electron chi connectivity index (χ2n) is 7.37. The predicted octanol–water partition coefficient (Wildman–Crippen LogP) is 2.35. The van der Waals surface area contributed by atoms with Gasteiger partial charge in [-0.2, -0.15) is 5.10 Å². The van der Waals surface area contributed by atoms with E-state index in [9.17, 15) is 9.59 Å². The first-order valence-corrected chi connectivity index (χ1v) is 9.58. The predicted molar refractivity (Wildman–Crippen MR) is 108 cm³/mol. The van der Waals surface area contributed by atoms with Gasteiger partial charge in [0.05, 0.1) is 0 Å². The topological polar surface area (TPSA) is 100 Å². The van der Waals surface area contributed by atoms with Crippen molar-refractivity contribution in [3.63, 3.8) is 0 Å². The van der Waals surface area contributed by atoms with Crippen LogP contribution in [0, 0.1) is 0 Å². The quantitative estimate of drug-likeness (QED) is 0.636. The van der Waals surface area contributed by atoms with E-state index in [4.69, 9.17) is 0 Å². The lowest BCUT2D eigenvalue weighted by Crippen LogP contribution is -2.30. The molecule has 3 amide bonds. The summed E-state index contributed by atoms with van der Waals surface area (Å²) >= 11 is 0. The van der Waals surface area contributed by atoms with Crippen LogP contribution in [0.3, 0.4) is 0 Å². The Bertz CT molecular complexity index is 856. The van der Waals surface area contributed by atoms with Crippen LogP contribution in [0.2, 0.25) is 0 Å². The first-order chi connectivity index (χ1) is 13.4. The van der Waals surface area contributed by atoms with Gasteiger partial charge in [0.15, 0.2) is 5.69 Å². The van der Waals surface area contributed by atoms with Crippen LogP contribution in [0.5, 0.6) is 0 Å². The van der Waals surface area contributed by atoms with Crippen molar-refractivity contribution in [2.45, 2.75) is 45.8 Å². The molecule has 1 aliphatic heterocycles. The van der Waals surface area contributed by atoms with Crippen LogP contribution in [0.25, 0.3) is 0 Å². The van der Waals surface area contributed by atoms with Crippen LogP contribution in [0.1, 0.15) is 60.0 Å². The molecule has 1 aromatic heterocycles. The Labute approximate surface area is 165 Å². The molecular formula is C20H28N6O2. The number of nitrogens with one attached hydrogen (secondary N) is 4. The maximum Gasteiger partial charge on any atom is 0.318 e. The molecule has 0 saturated heterocycles. The minimum absolute atomic E-state index is 0.167. The molecule has 2 heterocycles. The van der Waals surface area contributed by atoms with Gasteiger partial charge in [0.1, 0.15) is 0 Å². The summed E-state index contributed by atoms with van der Waals surface area (Å²) < 4.78 is 1.98. The fourth-order valence-corrected chi connectivity index (χ4v) is 3.43. The van der Waals surface area contributed by atoms with Crippen molar-refractivity contribution < 1.29 is 9.59 Å². The molecule has 8 heteroatoms. The zero-order valence-corrected chi connectivity index (χ0v) is 16.8. The summed E-state index contributed by atoms with van der Waals surface area (Å²) in [5, 5.41) is 16.2. The molecule has 1 aromatic carbocycles. The molecule has 0 bridgehead atoms. The number of aromatic nitrogens is 2. The van der Waals surface area contributed by atoms with Gasteiger partial charge in [-0.15, -0.1) is 0 Å². The van der Waals surface area contributed by atoms with Crippen LogP contribution in [0.4, 0.5) is 10.5 Å². The van der Waals surface area contributed by atoms with Crippen molar-refractivity contribution in [1.82, 2.24) is 25.7 Å². The number of hydrogen-bond acceptors (Lipinski definition) is 4. The van der Waals surface area contributed by atoms with Gasteiger partial charge in [0.2, 0.25) is 0 Å². The molecule has 28 heavy (non-hydrogen) atoms. The summed E-state index contributed by atoms with van der Waals surface area (Å²) in [6.07, 6.45) is 0. The van der Waals surface area contributed by atoms with Gasteiger partial charge in [-0.25, -0.2) is 4.79 Å². The van der Waals surface area contributed by atoms with Gasteiger partial charge in [0, 0.05) is 55.6 Å². The molecule has 1 atom stereocenters. The van der Waals surface area contributed by atoms with Gasteiger partial charge in [-0.3, -0.25) is 9.48 Å². The minimum Gasteiger partial charge on any atom is -0.347 e. The maximum absolute atomic E-state index is 12.8. The van der Waals surface area contributed by atoms with Crippen molar-refractivity contribution in [2.75, 3.05) is 18.9 Å². The minimum atomic E-state index is -0.269. The second kappa shape index (κ2) is 8.43. The molecule has 0 radical (unpaired) electrons. The number of carbonyl (C=O) groups is 2. The van der Waals surface area contributed by atoms with Gasteiger partial charge < -0.3 is 21.3 Å². The van der Waals surface area contributed by atoms with Crippen molar-refractivity contribution in [3.8, 4) is 0 Å². The number of rotatable bonds is 5. The molecule has 0 spiro atoms. The van der Waals surface area contributed by atoms with Gasteiger partial charge in [0.25, 0.3) is 5.91 Å². The van der Waals surface area contributed by atoms with E-state index in [1.54, 1.807) is 19.2 Å². The largest absolute Gasteiger partial charge is 0.347 e. The van der Waals surface area contributed by atoms with E-state index in [0.29, 0.717) is 30.4 Å². The van der Waals surface area contributed by atoms with Crippen molar-refractivity contribution in [3.05, 3.63) is 46.8 Å². The number of fused-ring (bicyclic) bond motifs is 1. The molecule has 0 fully saturated rings. The van der Waals surface area contributed by atoms with Crippen molar-refractivity contribution >= 4 is 17.6 Å². The number of benzene rings is 1. The summed E-state index contributed by atoms with van der Waals surface area (Å²) in [4.78, 5) is 24.1. The third-order valence-corrected chi connectivity index (χ3v) is 4.86. The van der Waals surface area contributed by atoms with Crippen LogP contribution in [0.15, 0.2) is 24.3 Å². The lowest BCUT2D eigenvalue weighted by molar-refractivity contribution is 0.0944. The fourth-order valence-electron chi connectivity index (χ4n) is 3.43. The van der Waals surface area contributed by atoms with Crippen molar-refractivity contribution in [2.24, 2.45) is 0 Å². The Hall–Kier alpha value is -2.87. The van der Waals surface area contributed by atoms with Crippen LogP contribution in [-0.4, -0.2) is 35.3 Å². The Morgan fingerprint density at radius 3 is 2.64 bits per heavy atom. The van der Waals surface area contributed by atoms with E-state index >= 15 is 0 Å². The molecular weight excluding hydrogens is 356 g/mol. The number of amides is 3. The Balaban J connectivity index is 1.70. The first-order valence-electron chi connectivity index (χ1n) is 9.58. The molecule has 3 rings (SSSR count). The van der Waals surface area contributed by atoms with Gasteiger partial charge in [-0.1, -0.05) is 19.1 Å². The average Bonchev–Trinajstić information content (AvgIpc) is 3.08. The summed E-state index contributed by atoms with van der Waals surface area (Å²) in [6, 6.07) is 7.29. The average molecular weight is 384 g/mol. The monoisotopic (exact) mass is 384 g/mol. The zero-order chi connectivity index (χ0) is 20.3. The van der Waals surface area contributed by atoms with E-state index in [-0.39, 0.29) is 18.0 Å². The molecule has 0 saturated carbocycles. The second-order valence-corrected chi connectivity index (χ2v) is 7.37. The highest BCUT2D eigenvalue weighted by atomic mass is 16.2. The number of urea groups is 1. The highest BCUT2D eigenvalue weighted by molar-refractivity contribution is 5.94. The number of carbonyl (C=O) groups excluding carboxylic acids is 2. The number of nitrogens with zero attached hydrogens (tertiary/aromatic N) is 2. The summed E-state index contributed by atoms with van der Waals surface area (Å²) in [5.74, 6) is 0.152. The summed E-state index contributed by atoms with van der Waals surface area (Å²) in [5.41, 5.74) is 4.29. The first kappa shape index (κ1) is 19.9. The summed E-state index contributed by atoms with van der Waals surface area (Å²) in [6.45, 7) is 8.27. The number of anilines is 1. The molecule has 1 aliphatic rings. The molecule has 1 unspecified atom stereocenters. The molecule has 150 valence electrons. The molecule has 8 nitrogen and oxygen atoms in total. The highest BCUT2D eigenvalue weighted by Crippen LogP contribution is 2.28. The van der Waals surface area contributed by atoms with E-state index in [2.05, 4.69) is 47.1 Å². The maximum atomic E-state index is 12.8. The highest BCUT2D eigenvalue weighted by Gasteiger charge is 2.29. The van der Waals surface area contributed by atoms with E-state index in [1.807, 2.05) is 16.8 Å². The lowest BCUT2D eigenvalue weighted by Gasteiger charge is -2.23. The summed E-state index contributed by atoms with van der Waals surface area (Å²) in [7, 11) is 1.56. The fraction of sp³-hybridized carbons (Fsp3) is 0.450. The Morgan fingerprint density at radius 1 is 1.29 bits per heavy atom. The van der Waals surface area contributed by atoms with Crippen LogP contribution < -0.4 is 21.3 Å². The zero-order valence-electron chi connectivity index (χ0n) is 16.8. The standard InChI is InChI=1S/C20H28N6O2/c1-12(2)26-18-13(3)9-22-11-16(18)17(25-26)19(27)23-10-14-5-7-15(8-6-14)24-20(28)21-4/h5-8,12-13,22H,9-11H2,1-4H3,(H,23,27)(H2,21,24,28). The molecule has 0 aliphatic carbocycles. The van der Waals surface area contributed by atoms with Crippen molar-refractivity contribution in [1.29, 1.82) is 0 Å². The molecule has 4 N–H and O–H groups in total. The van der Waals surface area contributed by atoms with Crippen LogP contribution >= 0.6 is 0 Å². The van der Waals surface area contributed by atoms with E-state index in [1.165, 1.54) is 0 Å². The smallest absolute Gasteiger partial charge is 0.318 e. The third-order valence-electron chi connectivity index (χ3n) is 4.86. The molecule has 2 aromatic rings. The Morgan fingerprint density at radius 2 is 2.00 bits per heavy atom. The van der Waals surface area contributed by atoms with Gasteiger partial charge >= 0.3 is 6.03 Å². The lowest BCUT2D eigenvalue weighted by atomic mass is 9.97. The SMILES string of the molecule is CNC(=O)Nc1ccc(CNC(=O)c2nn(C(C)C)c3c2CNCC3C)cc1. The van der Waals surface area contributed by atoms with Crippen LogP contribution in [-0.2, 0) is 13.1 Å². The van der Waals surface area contributed by atoms with Gasteiger partial charge in [-0.05, 0) is 31.5 Å². The number of hydrogen-bond donors (Lipinski definition) is 4. The normalized spacial score (nSPS) is 15.8.